The van der Waals surface area contributed by atoms with Crippen LogP contribution in [0.1, 0.15) is 40.5 Å². The molecule has 0 aliphatic heterocycles. The second-order valence-electron chi connectivity index (χ2n) is 3.58. The minimum absolute atomic E-state index is 0.471. The summed E-state index contributed by atoms with van der Waals surface area (Å²) in [7, 11) is -4.04. The standard InChI is InChI=1S/C9H19O3P/c1-5-9(6-2,7-8(3)4)13(10,11)12/h7H,5-6H2,1-4H3,(H2,10,11,12). The van der Waals surface area contributed by atoms with Gasteiger partial charge in [-0.2, -0.15) is 0 Å². The van der Waals surface area contributed by atoms with Gasteiger partial charge in [0.25, 0.3) is 0 Å². The predicted octanol–water partition coefficient (Wildman–Crippen LogP) is 2.69. The molecule has 0 atom stereocenters. The highest BCUT2D eigenvalue weighted by Gasteiger charge is 2.41. The Morgan fingerprint density at radius 1 is 1.31 bits per heavy atom. The Balaban J connectivity index is 5.17. The van der Waals surface area contributed by atoms with Crippen molar-refractivity contribution < 1.29 is 14.4 Å². The van der Waals surface area contributed by atoms with Gasteiger partial charge in [-0.25, -0.2) is 0 Å². The molecule has 78 valence electrons. The minimum Gasteiger partial charge on any atom is -0.324 e. The lowest BCUT2D eigenvalue weighted by molar-refractivity contribution is 0.333. The van der Waals surface area contributed by atoms with Gasteiger partial charge in [0, 0.05) is 0 Å². The van der Waals surface area contributed by atoms with Crippen LogP contribution in [0, 0.1) is 0 Å². The molecule has 0 bridgehead atoms. The van der Waals surface area contributed by atoms with Crippen LogP contribution in [0.4, 0.5) is 0 Å². The molecule has 0 saturated carbocycles. The first-order chi connectivity index (χ1) is 5.79. The molecule has 0 aromatic heterocycles. The molecular formula is C9H19O3P. The van der Waals surface area contributed by atoms with E-state index >= 15 is 0 Å². The molecule has 0 amide bonds. The average Bonchev–Trinajstić information content (AvgIpc) is 1.97. The van der Waals surface area contributed by atoms with Gasteiger partial charge in [-0.15, -0.1) is 0 Å². The number of hydrogen-bond donors (Lipinski definition) is 2. The molecule has 0 unspecified atom stereocenters. The zero-order valence-electron chi connectivity index (χ0n) is 8.74. The summed E-state index contributed by atoms with van der Waals surface area (Å²) in [4.78, 5) is 18.5. The quantitative estimate of drug-likeness (QED) is 0.549. The van der Waals surface area contributed by atoms with Gasteiger partial charge >= 0.3 is 7.60 Å². The van der Waals surface area contributed by atoms with Crippen molar-refractivity contribution in [1.82, 2.24) is 0 Å². The van der Waals surface area contributed by atoms with E-state index in [1.165, 1.54) is 0 Å². The molecule has 2 N–H and O–H groups in total. The van der Waals surface area contributed by atoms with Gasteiger partial charge in [0.1, 0.15) is 0 Å². The third kappa shape index (κ3) is 2.94. The van der Waals surface area contributed by atoms with Crippen molar-refractivity contribution in [2.24, 2.45) is 0 Å². The largest absolute Gasteiger partial charge is 0.335 e. The van der Waals surface area contributed by atoms with E-state index in [4.69, 9.17) is 0 Å². The summed E-state index contributed by atoms with van der Waals surface area (Å²) in [6.07, 6.45) is 2.64. The van der Waals surface area contributed by atoms with Crippen LogP contribution in [0.5, 0.6) is 0 Å². The zero-order valence-corrected chi connectivity index (χ0v) is 9.64. The van der Waals surface area contributed by atoms with Gasteiger partial charge in [0.2, 0.25) is 0 Å². The van der Waals surface area contributed by atoms with Crippen LogP contribution in [0.25, 0.3) is 0 Å². The van der Waals surface area contributed by atoms with Crippen molar-refractivity contribution in [3.05, 3.63) is 11.6 Å². The predicted molar refractivity (Wildman–Crippen MR) is 54.8 cm³/mol. The van der Waals surface area contributed by atoms with Gasteiger partial charge in [-0.1, -0.05) is 25.5 Å². The van der Waals surface area contributed by atoms with Gasteiger partial charge in [0.05, 0.1) is 5.16 Å². The third-order valence-electron chi connectivity index (χ3n) is 2.36. The van der Waals surface area contributed by atoms with Crippen LogP contribution in [0.3, 0.4) is 0 Å². The maximum absolute atomic E-state index is 11.3. The van der Waals surface area contributed by atoms with Crippen molar-refractivity contribution in [3.63, 3.8) is 0 Å². The molecule has 0 saturated heterocycles. The molecule has 0 spiro atoms. The average molecular weight is 206 g/mol. The topological polar surface area (TPSA) is 57.5 Å². The summed E-state index contributed by atoms with van der Waals surface area (Å²) in [5.74, 6) is 0. The SMILES string of the molecule is CCC(C=C(C)C)(CC)P(=O)(O)O. The van der Waals surface area contributed by atoms with Crippen molar-refractivity contribution in [1.29, 1.82) is 0 Å². The highest BCUT2D eigenvalue weighted by atomic mass is 31.2. The van der Waals surface area contributed by atoms with Gasteiger partial charge in [-0.3, -0.25) is 4.57 Å². The van der Waals surface area contributed by atoms with Crippen molar-refractivity contribution in [3.8, 4) is 0 Å². The van der Waals surface area contributed by atoms with Crippen molar-refractivity contribution in [2.75, 3.05) is 0 Å². The van der Waals surface area contributed by atoms with Gasteiger partial charge in [0.15, 0.2) is 0 Å². The van der Waals surface area contributed by atoms with Gasteiger partial charge in [-0.05, 0) is 26.7 Å². The van der Waals surface area contributed by atoms with Crippen molar-refractivity contribution in [2.45, 2.75) is 45.7 Å². The van der Waals surface area contributed by atoms with E-state index in [0.29, 0.717) is 12.8 Å². The Morgan fingerprint density at radius 3 is 1.77 bits per heavy atom. The fourth-order valence-electron chi connectivity index (χ4n) is 1.49. The fourth-order valence-corrected chi connectivity index (χ4v) is 2.74. The van der Waals surface area contributed by atoms with Crippen LogP contribution in [-0.2, 0) is 4.57 Å². The first-order valence-electron chi connectivity index (χ1n) is 4.50. The Hall–Kier alpha value is -0.110. The summed E-state index contributed by atoms with van der Waals surface area (Å²) in [6, 6.07) is 0. The number of rotatable bonds is 4. The van der Waals surface area contributed by atoms with Gasteiger partial charge < -0.3 is 9.79 Å². The van der Waals surface area contributed by atoms with E-state index in [1.807, 2.05) is 27.7 Å². The molecule has 0 rings (SSSR count). The lowest BCUT2D eigenvalue weighted by Crippen LogP contribution is -2.24. The second-order valence-corrected chi connectivity index (χ2v) is 5.56. The Bertz CT molecular complexity index is 231. The summed E-state index contributed by atoms with van der Waals surface area (Å²) in [5.41, 5.74) is 0.951. The van der Waals surface area contributed by atoms with E-state index in [2.05, 4.69) is 0 Å². The fraction of sp³-hybridized carbons (Fsp3) is 0.778. The summed E-state index contributed by atoms with van der Waals surface area (Å²) in [6.45, 7) is 7.33. The van der Waals surface area contributed by atoms with Crippen LogP contribution in [0.2, 0.25) is 0 Å². The molecule has 0 radical (unpaired) electrons. The molecule has 0 aromatic carbocycles. The number of allylic oxidation sites excluding steroid dienone is 2. The van der Waals surface area contributed by atoms with E-state index < -0.39 is 12.8 Å². The number of hydrogen-bond acceptors (Lipinski definition) is 1. The van der Waals surface area contributed by atoms with Crippen LogP contribution in [-0.4, -0.2) is 14.9 Å². The maximum Gasteiger partial charge on any atom is 0.335 e. The third-order valence-corrected chi connectivity index (χ3v) is 4.28. The van der Waals surface area contributed by atoms with Crippen LogP contribution >= 0.6 is 7.60 Å². The van der Waals surface area contributed by atoms with Crippen LogP contribution in [0.15, 0.2) is 11.6 Å². The van der Waals surface area contributed by atoms with E-state index in [0.717, 1.165) is 5.57 Å². The molecule has 3 nitrogen and oxygen atoms in total. The highest BCUT2D eigenvalue weighted by molar-refractivity contribution is 7.53. The molecule has 0 aromatic rings. The van der Waals surface area contributed by atoms with Crippen molar-refractivity contribution >= 4 is 7.60 Å². The normalized spacial score (nSPS) is 12.8. The minimum atomic E-state index is -4.04. The summed E-state index contributed by atoms with van der Waals surface area (Å²) < 4.78 is 11.3. The van der Waals surface area contributed by atoms with E-state index in [9.17, 15) is 14.4 Å². The van der Waals surface area contributed by atoms with E-state index in [-0.39, 0.29) is 0 Å². The van der Waals surface area contributed by atoms with E-state index in [1.54, 1.807) is 6.08 Å². The first-order valence-corrected chi connectivity index (χ1v) is 6.12. The molecule has 4 heteroatoms. The Labute approximate surface area is 80.0 Å². The molecule has 0 fully saturated rings. The lowest BCUT2D eigenvalue weighted by Gasteiger charge is -2.29. The molecule has 0 aliphatic carbocycles. The smallest absolute Gasteiger partial charge is 0.324 e. The molecule has 0 aliphatic rings. The molecule has 13 heavy (non-hydrogen) atoms. The monoisotopic (exact) mass is 206 g/mol. The summed E-state index contributed by atoms with van der Waals surface area (Å²) >= 11 is 0. The summed E-state index contributed by atoms with van der Waals surface area (Å²) in [5, 5.41) is -0.953. The Kier molecular flexibility index (Phi) is 4.37. The molecular weight excluding hydrogens is 187 g/mol. The first kappa shape index (κ1) is 12.9. The Morgan fingerprint density at radius 2 is 1.69 bits per heavy atom. The molecule has 0 heterocycles. The second kappa shape index (κ2) is 4.41. The maximum atomic E-state index is 11.3. The zero-order chi connectivity index (χ0) is 10.7. The van der Waals surface area contributed by atoms with Crippen LogP contribution < -0.4 is 0 Å². The highest BCUT2D eigenvalue weighted by Crippen LogP contribution is 2.55. The lowest BCUT2D eigenvalue weighted by atomic mass is 10.00.